The van der Waals surface area contributed by atoms with Gasteiger partial charge in [0.25, 0.3) is 0 Å². The Labute approximate surface area is 126 Å². The molecule has 0 aliphatic carbocycles. The Morgan fingerprint density at radius 2 is 2.05 bits per heavy atom. The maximum atomic E-state index is 5.83. The summed E-state index contributed by atoms with van der Waals surface area (Å²) in [6.45, 7) is 5.09. The maximum absolute atomic E-state index is 5.83. The van der Waals surface area contributed by atoms with E-state index in [0.717, 1.165) is 30.5 Å². The largest absolute Gasteiger partial charge is 0.492 e. The molecule has 5 heteroatoms. The first kappa shape index (κ1) is 16.6. The highest BCUT2D eigenvalue weighted by molar-refractivity contribution is 6.30. The van der Waals surface area contributed by atoms with Crippen LogP contribution in [0.15, 0.2) is 24.3 Å². The number of hydrogen-bond acceptors (Lipinski definition) is 3. The molecule has 0 saturated carbocycles. The molecule has 0 bridgehead atoms. The van der Waals surface area contributed by atoms with Crippen LogP contribution in [0.25, 0.3) is 0 Å². The summed E-state index contributed by atoms with van der Waals surface area (Å²) >= 11 is 5.83. The summed E-state index contributed by atoms with van der Waals surface area (Å²) in [4.78, 5) is 2.47. The highest BCUT2D eigenvalue weighted by Crippen LogP contribution is 2.18. The topological polar surface area (TPSA) is 24.5 Å². The van der Waals surface area contributed by atoms with E-state index < -0.39 is 0 Å². The molecule has 1 heterocycles. The standard InChI is InChI=1S/C14H21ClN2O.ClH/c1-11-9-13(16-2)10-17(11)7-8-18-14-5-3-12(15)4-6-14;/h3-6,11,13,16H,7-10H2,1-2H3;1H. The number of likely N-dealkylation sites (N-methyl/N-ethyl adjacent to an activating group) is 1. The van der Waals surface area contributed by atoms with Gasteiger partial charge in [-0.2, -0.15) is 0 Å². The molecule has 1 aromatic rings. The van der Waals surface area contributed by atoms with Gasteiger partial charge in [0.2, 0.25) is 0 Å². The third-order valence-electron chi connectivity index (χ3n) is 3.57. The van der Waals surface area contributed by atoms with Gasteiger partial charge in [-0.15, -0.1) is 12.4 Å². The number of hydrogen-bond donors (Lipinski definition) is 1. The highest BCUT2D eigenvalue weighted by Gasteiger charge is 2.27. The maximum Gasteiger partial charge on any atom is 0.119 e. The number of rotatable bonds is 5. The fourth-order valence-corrected chi connectivity index (χ4v) is 2.56. The van der Waals surface area contributed by atoms with Gasteiger partial charge in [0.05, 0.1) is 0 Å². The first-order chi connectivity index (χ1) is 8.69. The lowest BCUT2D eigenvalue weighted by Gasteiger charge is -2.20. The van der Waals surface area contributed by atoms with Gasteiger partial charge in [-0.1, -0.05) is 11.6 Å². The summed E-state index contributed by atoms with van der Waals surface area (Å²) in [5, 5.41) is 4.08. The molecule has 1 saturated heterocycles. The lowest BCUT2D eigenvalue weighted by Crippen LogP contribution is -2.33. The van der Waals surface area contributed by atoms with E-state index in [4.69, 9.17) is 16.3 Å². The van der Waals surface area contributed by atoms with Gasteiger partial charge in [-0.25, -0.2) is 0 Å². The van der Waals surface area contributed by atoms with Crippen LogP contribution in [-0.2, 0) is 0 Å². The Hall–Kier alpha value is -0.480. The Bertz CT molecular complexity index is 372. The molecule has 1 aromatic carbocycles. The zero-order chi connectivity index (χ0) is 13.0. The minimum atomic E-state index is 0. The molecule has 0 amide bonds. The zero-order valence-corrected chi connectivity index (χ0v) is 13.0. The van der Waals surface area contributed by atoms with Crippen LogP contribution in [0.2, 0.25) is 5.02 Å². The van der Waals surface area contributed by atoms with E-state index in [1.807, 2.05) is 31.3 Å². The van der Waals surface area contributed by atoms with Crippen LogP contribution in [0.3, 0.4) is 0 Å². The van der Waals surface area contributed by atoms with E-state index in [1.165, 1.54) is 6.42 Å². The normalized spacial score (nSPS) is 23.1. The average Bonchev–Trinajstić information content (AvgIpc) is 2.73. The number of nitrogens with one attached hydrogen (secondary N) is 1. The Kier molecular flexibility index (Phi) is 6.94. The van der Waals surface area contributed by atoms with Gasteiger partial charge in [-0.3, -0.25) is 4.90 Å². The fraction of sp³-hybridized carbons (Fsp3) is 0.571. The Morgan fingerprint density at radius 1 is 1.37 bits per heavy atom. The van der Waals surface area contributed by atoms with Crippen molar-refractivity contribution >= 4 is 24.0 Å². The third-order valence-corrected chi connectivity index (χ3v) is 3.82. The van der Waals surface area contributed by atoms with Crippen LogP contribution in [0.5, 0.6) is 5.75 Å². The number of ether oxygens (including phenoxy) is 1. The zero-order valence-electron chi connectivity index (χ0n) is 11.4. The lowest BCUT2D eigenvalue weighted by molar-refractivity contribution is 0.203. The first-order valence-electron chi connectivity index (χ1n) is 6.48. The summed E-state index contributed by atoms with van der Waals surface area (Å²) in [7, 11) is 2.03. The fourth-order valence-electron chi connectivity index (χ4n) is 2.43. The molecule has 1 fully saturated rings. The van der Waals surface area contributed by atoms with Crippen molar-refractivity contribution < 1.29 is 4.74 Å². The van der Waals surface area contributed by atoms with E-state index in [9.17, 15) is 0 Å². The molecule has 3 nitrogen and oxygen atoms in total. The van der Waals surface area contributed by atoms with Crippen LogP contribution in [0, 0.1) is 0 Å². The summed E-state index contributed by atoms with van der Waals surface area (Å²) in [6.07, 6.45) is 1.22. The van der Waals surface area contributed by atoms with Gasteiger partial charge in [0.15, 0.2) is 0 Å². The smallest absolute Gasteiger partial charge is 0.119 e. The van der Waals surface area contributed by atoms with Gasteiger partial charge >= 0.3 is 0 Å². The van der Waals surface area contributed by atoms with Crippen LogP contribution >= 0.6 is 24.0 Å². The molecule has 0 spiro atoms. The molecule has 0 radical (unpaired) electrons. The van der Waals surface area contributed by atoms with E-state index in [-0.39, 0.29) is 12.4 Å². The van der Waals surface area contributed by atoms with Crippen molar-refractivity contribution in [1.29, 1.82) is 0 Å². The van der Waals surface area contributed by atoms with E-state index in [0.29, 0.717) is 12.1 Å². The summed E-state index contributed by atoms with van der Waals surface area (Å²) < 4.78 is 5.72. The average molecular weight is 305 g/mol. The molecule has 2 unspecified atom stereocenters. The van der Waals surface area contributed by atoms with Crippen molar-refractivity contribution in [3.63, 3.8) is 0 Å². The van der Waals surface area contributed by atoms with E-state index in [2.05, 4.69) is 17.1 Å². The second kappa shape index (κ2) is 7.95. The first-order valence-corrected chi connectivity index (χ1v) is 6.86. The Balaban J connectivity index is 0.00000180. The quantitative estimate of drug-likeness (QED) is 0.905. The van der Waals surface area contributed by atoms with Crippen molar-refractivity contribution in [2.24, 2.45) is 0 Å². The van der Waals surface area contributed by atoms with Crippen molar-refractivity contribution in [1.82, 2.24) is 10.2 Å². The molecule has 2 atom stereocenters. The highest BCUT2D eigenvalue weighted by atomic mass is 35.5. The second-order valence-corrected chi connectivity index (χ2v) is 5.30. The molecule has 1 aliphatic heterocycles. The molecule has 0 aromatic heterocycles. The van der Waals surface area contributed by atoms with Crippen molar-refractivity contribution in [3.8, 4) is 5.75 Å². The second-order valence-electron chi connectivity index (χ2n) is 4.87. The third kappa shape index (κ3) is 4.84. The molecule has 19 heavy (non-hydrogen) atoms. The lowest BCUT2D eigenvalue weighted by atomic mass is 10.2. The van der Waals surface area contributed by atoms with Crippen molar-refractivity contribution in [2.75, 3.05) is 26.7 Å². The van der Waals surface area contributed by atoms with Crippen molar-refractivity contribution in [2.45, 2.75) is 25.4 Å². The summed E-state index contributed by atoms with van der Waals surface area (Å²) in [5.74, 6) is 0.886. The monoisotopic (exact) mass is 304 g/mol. The molecule has 1 aliphatic rings. The van der Waals surface area contributed by atoms with Gasteiger partial charge in [-0.05, 0) is 44.7 Å². The van der Waals surface area contributed by atoms with Gasteiger partial charge in [0, 0.05) is 30.2 Å². The van der Waals surface area contributed by atoms with Crippen LogP contribution in [-0.4, -0.2) is 43.7 Å². The van der Waals surface area contributed by atoms with E-state index in [1.54, 1.807) is 0 Å². The summed E-state index contributed by atoms with van der Waals surface area (Å²) in [5.41, 5.74) is 0. The van der Waals surface area contributed by atoms with Gasteiger partial charge in [0.1, 0.15) is 12.4 Å². The van der Waals surface area contributed by atoms with Crippen LogP contribution in [0.1, 0.15) is 13.3 Å². The number of benzene rings is 1. The number of halogens is 2. The molecule has 2 rings (SSSR count). The van der Waals surface area contributed by atoms with E-state index >= 15 is 0 Å². The molecule has 1 N–H and O–H groups in total. The predicted octanol–water partition coefficient (Wildman–Crippen LogP) is 2.82. The number of nitrogens with zero attached hydrogens (tertiary/aromatic N) is 1. The van der Waals surface area contributed by atoms with Crippen LogP contribution < -0.4 is 10.1 Å². The Morgan fingerprint density at radius 3 is 2.63 bits per heavy atom. The SMILES string of the molecule is CNC1CC(C)N(CCOc2ccc(Cl)cc2)C1.Cl. The molecular weight excluding hydrogens is 283 g/mol. The van der Waals surface area contributed by atoms with Gasteiger partial charge < -0.3 is 10.1 Å². The summed E-state index contributed by atoms with van der Waals surface area (Å²) in [6, 6.07) is 8.78. The molecule has 108 valence electrons. The minimum absolute atomic E-state index is 0. The van der Waals surface area contributed by atoms with Crippen molar-refractivity contribution in [3.05, 3.63) is 29.3 Å². The molecular formula is C14H22Cl2N2O. The predicted molar refractivity (Wildman–Crippen MR) is 82.7 cm³/mol. The van der Waals surface area contributed by atoms with Crippen LogP contribution in [0.4, 0.5) is 0 Å². The minimum Gasteiger partial charge on any atom is -0.492 e. The number of likely N-dealkylation sites (tertiary alicyclic amines) is 1.